The van der Waals surface area contributed by atoms with E-state index in [0.29, 0.717) is 11.5 Å². The van der Waals surface area contributed by atoms with E-state index in [4.69, 9.17) is 37.9 Å². The lowest BCUT2D eigenvalue weighted by Gasteiger charge is -2.22. The minimum absolute atomic E-state index is 0.145. The van der Waals surface area contributed by atoms with Gasteiger partial charge in [-0.3, -0.25) is 0 Å². The van der Waals surface area contributed by atoms with Gasteiger partial charge < -0.3 is 37.9 Å². The van der Waals surface area contributed by atoms with Gasteiger partial charge in [-0.05, 0) is 111 Å². The van der Waals surface area contributed by atoms with Crippen LogP contribution in [0.5, 0.6) is 57.5 Å². The van der Waals surface area contributed by atoms with E-state index in [0.717, 1.165) is 0 Å². The van der Waals surface area contributed by atoms with Crippen molar-refractivity contribution in [3.8, 4) is 69.6 Å². The van der Waals surface area contributed by atoms with Gasteiger partial charge in [-0.25, -0.2) is 9.59 Å². The zero-order valence-electron chi connectivity index (χ0n) is 28.6. The van der Waals surface area contributed by atoms with Crippen LogP contribution in [-0.2, 0) is 9.47 Å². The molecule has 0 atom stereocenters. The number of carbonyl (C=O) groups is 2. The fourth-order valence-electron chi connectivity index (χ4n) is 4.76. The fourth-order valence-corrected chi connectivity index (χ4v) is 4.76. The lowest BCUT2D eigenvalue weighted by molar-refractivity contribution is 0.0516. The first-order valence-electron chi connectivity index (χ1n) is 15.9. The maximum absolute atomic E-state index is 12.4. The Balaban J connectivity index is 1.74. The monoisotopic (exact) mass is 700 g/mol. The summed E-state index contributed by atoms with van der Waals surface area (Å²) in [6, 6.07) is 29.3. The number of nitriles is 2. The summed E-state index contributed by atoms with van der Waals surface area (Å²) in [7, 11) is 3.04. The lowest BCUT2D eigenvalue weighted by Crippen LogP contribution is -2.05. The predicted molar refractivity (Wildman–Crippen MR) is 187 cm³/mol. The van der Waals surface area contributed by atoms with Gasteiger partial charge in [-0.1, -0.05) is 0 Å². The third-order valence-electron chi connectivity index (χ3n) is 7.28. The van der Waals surface area contributed by atoms with E-state index >= 15 is 0 Å². The molecule has 0 aliphatic rings. The van der Waals surface area contributed by atoms with Gasteiger partial charge in [0, 0.05) is 0 Å². The lowest BCUT2D eigenvalue weighted by atomic mass is 10.0. The van der Waals surface area contributed by atoms with E-state index in [1.54, 1.807) is 62.4 Å². The first-order valence-corrected chi connectivity index (χ1v) is 15.9. The van der Waals surface area contributed by atoms with Crippen LogP contribution in [0.1, 0.15) is 45.7 Å². The average Bonchev–Trinajstić information content (AvgIpc) is 3.18. The highest BCUT2D eigenvalue weighted by atomic mass is 16.6. The normalized spacial score (nSPS) is 10.2. The molecule has 5 aromatic carbocycles. The van der Waals surface area contributed by atoms with Gasteiger partial charge in [0.15, 0.2) is 11.5 Å². The quantitative estimate of drug-likeness (QED) is 0.102. The van der Waals surface area contributed by atoms with Crippen molar-refractivity contribution in [1.29, 1.82) is 10.5 Å². The predicted octanol–water partition coefficient (Wildman–Crippen LogP) is 8.97. The largest absolute Gasteiger partial charge is 0.497 e. The molecule has 0 saturated carbocycles. The summed E-state index contributed by atoms with van der Waals surface area (Å²) in [5.74, 6) is 0.415. The van der Waals surface area contributed by atoms with Crippen molar-refractivity contribution < 1.29 is 47.5 Å². The maximum Gasteiger partial charge on any atom is 0.338 e. The molecule has 5 rings (SSSR count). The fraction of sp³-hybridized carbons (Fsp3) is 0.150. The van der Waals surface area contributed by atoms with E-state index in [1.807, 2.05) is 0 Å². The van der Waals surface area contributed by atoms with Gasteiger partial charge in [0.2, 0.25) is 11.5 Å². The number of nitrogens with zero attached hydrogens (tertiary/aromatic N) is 2. The van der Waals surface area contributed by atoms with Crippen LogP contribution >= 0.6 is 0 Å². The Morgan fingerprint density at radius 3 is 1.00 bits per heavy atom. The highest BCUT2D eigenvalue weighted by Gasteiger charge is 2.32. The summed E-state index contributed by atoms with van der Waals surface area (Å²) in [6.45, 7) is 3.80. The zero-order chi connectivity index (χ0) is 37.0. The van der Waals surface area contributed by atoms with E-state index in [-0.39, 0.29) is 81.5 Å². The van der Waals surface area contributed by atoms with E-state index < -0.39 is 11.9 Å². The summed E-state index contributed by atoms with van der Waals surface area (Å²) in [6.07, 6.45) is 0. The molecular weight excluding hydrogens is 668 g/mol. The highest BCUT2D eigenvalue weighted by Crippen LogP contribution is 2.54. The Morgan fingerprint density at radius 1 is 0.462 bits per heavy atom. The van der Waals surface area contributed by atoms with Crippen molar-refractivity contribution in [3.63, 3.8) is 0 Å². The number of esters is 2. The van der Waals surface area contributed by atoms with Gasteiger partial charge in [-0.15, -0.1) is 0 Å². The Hall–Kier alpha value is -7.18. The van der Waals surface area contributed by atoms with Crippen molar-refractivity contribution in [2.45, 2.75) is 13.8 Å². The number of hydrogen-bond donors (Lipinski definition) is 0. The van der Waals surface area contributed by atoms with Gasteiger partial charge in [0.25, 0.3) is 0 Å². The molecule has 0 bridgehead atoms. The van der Waals surface area contributed by atoms with Crippen molar-refractivity contribution >= 4 is 11.9 Å². The molecule has 262 valence electrons. The SMILES string of the molecule is CCOC(=O)c1ccc(Oc2c(Oc3ccc(OC)cc3)c(C#N)c(C#N)c(Oc3ccc(OC)cc3)c2Oc2ccc(C(=O)OCC)cc2)cc1. The zero-order valence-corrected chi connectivity index (χ0v) is 28.6. The van der Waals surface area contributed by atoms with Gasteiger partial charge in [0.1, 0.15) is 57.8 Å². The summed E-state index contributed by atoms with van der Waals surface area (Å²) >= 11 is 0. The van der Waals surface area contributed by atoms with Crippen LogP contribution in [0.15, 0.2) is 97.1 Å². The van der Waals surface area contributed by atoms with Crippen LogP contribution in [0.25, 0.3) is 0 Å². The standard InChI is InChI=1S/C40H32N2O10/c1-5-47-39(43)25-7-11-29(12-8-25)51-37-35(49-31-19-15-27(45-3)16-20-31)33(23-41)34(24-42)36(50-32-21-17-28(46-4)18-22-32)38(37)52-30-13-9-26(10-14-30)40(44)48-6-2/h7-22H,5-6H2,1-4H3. The second-order valence-corrected chi connectivity index (χ2v) is 10.5. The molecule has 0 saturated heterocycles. The summed E-state index contributed by atoms with van der Waals surface area (Å²) in [4.78, 5) is 24.7. The van der Waals surface area contributed by atoms with Gasteiger partial charge >= 0.3 is 11.9 Å². The first kappa shape index (κ1) is 36.1. The molecule has 0 unspecified atom stereocenters. The Kier molecular flexibility index (Phi) is 11.8. The van der Waals surface area contributed by atoms with Crippen LogP contribution in [0.2, 0.25) is 0 Å². The Morgan fingerprint density at radius 2 is 0.731 bits per heavy atom. The summed E-state index contributed by atoms with van der Waals surface area (Å²) in [5.41, 5.74) is 0.126. The molecule has 0 spiro atoms. The molecule has 0 aliphatic carbocycles. The van der Waals surface area contributed by atoms with Gasteiger partial charge in [-0.2, -0.15) is 10.5 Å². The number of ether oxygens (including phenoxy) is 8. The summed E-state index contributed by atoms with van der Waals surface area (Å²) < 4.78 is 46.2. The van der Waals surface area contributed by atoms with Crippen LogP contribution in [0.3, 0.4) is 0 Å². The molecule has 5 aromatic rings. The third-order valence-corrected chi connectivity index (χ3v) is 7.28. The van der Waals surface area contributed by atoms with E-state index in [1.165, 1.54) is 62.8 Å². The molecule has 0 fully saturated rings. The van der Waals surface area contributed by atoms with Crippen molar-refractivity contribution in [2.75, 3.05) is 27.4 Å². The molecular formula is C40H32N2O10. The van der Waals surface area contributed by atoms with Gasteiger partial charge in [0.05, 0.1) is 38.6 Å². The van der Waals surface area contributed by atoms with Crippen LogP contribution in [0, 0.1) is 22.7 Å². The molecule has 12 nitrogen and oxygen atoms in total. The van der Waals surface area contributed by atoms with Crippen LogP contribution in [-0.4, -0.2) is 39.4 Å². The minimum atomic E-state index is -0.520. The topological polar surface area (TPSA) is 156 Å². The molecule has 0 amide bonds. The Labute approximate surface area is 299 Å². The molecule has 0 heterocycles. The first-order chi connectivity index (χ1) is 25.3. The van der Waals surface area contributed by atoms with Crippen molar-refractivity contribution in [1.82, 2.24) is 0 Å². The minimum Gasteiger partial charge on any atom is -0.497 e. The molecule has 0 radical (unpaired) electrons. The molecule has 0 aromatic heterocycles. The number of carbonyl (C=O) groups excluding carboxylic acids is 2. The molecule has 12 heteroatoms. The second kappa shape index (κ2) is 17.0. The smallest absolute Gasteiger partial charge is 0.338 e. The highest BCUT2D eigenvalue weighted by molar-refractivity contribution is 5.90. The average molecular weight is 701 g/mol. The van der Waals surface area contributed by atoms with Crippen molar-refractivity contribution in [3.05, 3.63) is 119 Å². The number of benzene rings is 5. The van der Waals surface area contributed by atoms with E-state index in [2.05, 4.69) is 12.1 Å². The number of rotatable bonds is 14. The maximum atomic E-state index is 12.4. The molecule has 0 aliphatic heterocycles. The molecule has 0 N–H and O–H groups in total. The number of methoxy groups -OCH3 is 2. The van der Waals surface area contributed by atoms with Crippen molar-refractivity contribution in [2.24, 2.45) is 0 Å². The Bertz CT molecular complexity index is 1960. The number of hydrogen-bond acceptors (Lipinski definition) is 12. The van der Waals surface area contributed by atoms with Crippen LogP contribution < -0.4 is 28.4 Å². The molecule has 52 heavy (non-hydrogen) atoms. The third kappa shape index (κ3) is 8.33. The second-order valence-electron chi connectivity index (χ2n) is 10.5. The summed E-state index contributed by atoms with van der Waals surface area (Å²) in [5, 5.41) is 21.1. The van der Waals surface area contributed by atoms with Crippen LogP contribution in [0.4, 0.5) is 0 Å². The van der Waals surface area contributed by atoms with E-state index in [9.17, 15) is 20.1 Å².